The standard InChI is InChI=1S/C11H16ClFN2/c1-8(6-14)15(2)7-9-3-10(12)5-11(13)4-9/h3-5,8H,6-7,14H2,1-2H3. The molecule has 84 valence electrons. The van der Waals surface area contributed by atoms with E-state index in [1.165, 1.54) is 12.1 Å². The van der Waals surface area contributed by atoms with Gasteiger partial charge >= 0.3 is 0 Å². The summed E-state index contributed by atoms with van der Waals surface area (Å²) >= 11 is 5.76. The molecule has 1 aromatic carbocycles. The van der Waals surface area contributed by atoms with Crippen molar-refractivity contribution in [1.29, 1.82) is 0 Å². The van der Waals surface area contributed by atoms with Gasteiger partial charge in [0.1, 0.15) is 5.82 Å². The van der Waals surface area contributed by atoms with Gasteiger partial charge in [-0.3, -0.25) is 4.90 Å². The van der Waals surface area contributed by atoms with Gasteiger partial charge < -0.3 is 5.73 Å². The predicted molar refractivity (Wildman–Crippen MR) is 61.4 cm³/mol. The Kier molecular flexibility index (Phi) is 4.51. The summed E-state index contributed by atoms with van der Waals surface area (Å²) in [6.45, 7) is 3.26. The molecule has 0 aliphatic heterocycles. The van der Waals surface area contributed by atoms with Gasteiger partial charge in [-0.05, 0) is 37.7 Å². The Morgan fingerprint density at radius 2 is 2.13 bits per heavy atom. The van der Waals surface area contributed by atoms with Crippen LogP contribution in [0.15, 0.2) is 18.2 Å². The number of halogens is 2. The van der Waals surface area contributed by atoms with Crippen molar-refractivity contribution in [2.45, 2.75) is 19.5 Å². The quantitative estimate of drug-likeness (QED) is 0.860. The van der Waals surface area contributed by atoms with Crippen molar-refractivity contribution >= 4 is 11.6 Å². The maximum absolute atomic E-state index is 13.0. The predicted octanol–water partition coefficient (Wildman–Crippen LogP) is 2.26. The van der Waals surface area contributed by atoms with E-state index in [2.05, 4.69) is 4.90 Å². The van der Waals surface area contributed by atoms with Gasteiger partial charge in [-0.2, -0.15) is 0 Å². The molecule has 2 N–H and O–H groups in total. The average molecular weight is 231 g/mol. The molecule has 0 radical (unpaired) electrons. The van der Waals surface area contributed by atoms with Crippen LogP contribution in [0.2, 0.25) is 5.02 Å². The maximum atomic E-state index is 13.0. The van der Waals surface area contributed by atoms with E-state index < -0.39 is 0 Å². The second-order valence-electron chi connectivity index (χ2n) is 3.78. The van der Waals surface area contributed by atoms with Gasteiger partial charge in [0.05, 0.1) is 0 Å². The SMILES string of the molecule is CC(CN)N(C)Cc1cc(F)cc(Cl)c1. The lowest BCUT2D eigenvalue weighted by Crippen LogP contribution is -2.34. The third kappa shape index (κ3) is 3.78. The van der Waals surface area contributed by atoms with E-state index in [4.69, 9.17) is 17.3 Å². The van der Waals surface area contributed by atoms with E-state index in [0.717, 1.165) is 5.56 Å². The molecule has 1 rings (SSSR count). The van der Waals surface area contributed by atoms with Crippen LogP contribution >= 0.6 is 11.6 Å². The first kappa shape index (κ1) is 12.4. The van der Waals surface area contributed by atoms with Crippen LogP contribution in [0.1, 0.15) is 12.5 Å². The number of rotatable bonds is 4. The van der Waals surface area contributed by atoms with Crippen LogP contribution in [0.3, 0.4) is 0 Å². The van der Waals surface area contributed by atoms with Crippen LogP contribution in [0.25, 0.3) is 0 Å². The van der Waals surface area contributed by atoms with Crippen molar-refractivity contribution in [2.24, 2.45) is 5.73 Å². The summed E-state index contributed by atoms with van der Waals surface area (Å²) in [4.78, 5) is 2.06. The molecule has 4 heteroatoms. The molecular formula is C11H16ClFN2. The second-order valence-corrected chi connectivity index (χ2v) is 4.21. The lowest BCUT2D eigenvalue weighted by atomic mass is 10.2. The molecule has 0 bridgehead atoms. The van der Waals surface area contributed by atoms with E-state index in [0.29, 0.717) is 18.1 Å². The van der Waals surface area contributed by atoms with Gasteiger partial charge in [0.2, 0.25) is 0 Å². The molecule has 0 spiro atoms. The molecule has 1 aromatic rings. The molecule has 0 heterocycles. The highest BCUT2D eigenvalue weighted by atomic mass is 35.5. The van der Waals surface area contributed by atoms with Crippen molar-refractivity contribution in [3.8, 4) is 0 Å². The van der Waals surface area contributed by atoms with Crippen LogP contribution < -0.4 is 5.73 Å². The molecule has 1 unspecified atom stereocenters. The van der Waals surface area contributed by atoms with Crippen LogP contribution in [-0.4, -0.2) is 24.5 Å². The van der Waals surface area contributed by atoms with Gasteiger partial charge in [-0.15, -0.1) is 0 Å². The lowest BCUT2D eigenvalue weighted by molar-refractivity contribution is 0.254. The Bertz CT molecular complexity index is 310. The fourth-order valence-corrected chi connectivity index (χ4v) is 1.57. The van der Waals surface area contributed by atoms with E-state index in [-0.39, 0.29) is 11.9 Å². The first-order valence-electron chi connectivity index (χ1n) is 4.88. The van der Waals surface area contributed by atoms with Gasteiger partial charge in [-0.1, -0.05) is 11.6 Å². The Hall–Kier alpha value is -0.640. The third-order valence-electron chi connectivity index (χ3n) is 2.45. The van der Waals surface area contributed by atoms with E-state index >= 15 is 0 Å². The zero-order chi connectivity index (χ0) is 11.4. The van der Waals surface area contributed by atoms with Crippen LogP contribution in [0.5, 0.6) is 0 Å². The maximum Gasteiger partial charge on any atom is 0.125 e. The first-order chi connectivity index (χ1) is 7.02. The molecule has 0 fully saturated rings. The topological polar surface area (TPSA) is 29.3 Å². The first-order valence-corrected chi connectivity index (χ1v) is 5.26. The van der Waals surface area contributed by atoms with Crippen LogP contribution in [0, 0.1) is 5.82 Å². The van der Waals surface area contributed by atoms with Gasteiger partial charge in [-0.25, -0.2) is 4.39 Å². The molecule has 0 aliphatic rings. The van der Waals surface area contributed by atoms with Gasteiger partial charge in [0, 0.05) is 24.2 Å². The zero-order valence-electron chi connectivity index (χ0n) is 9.00. The molecular weight excluding hydrogens is 215 g/mol. The Morgan fingerprint density at radius 1 is 1.47 bits per heavy atom. The van der Waals surface area contributed by atoms with Crippen molar-refractivity contribution in [2.75, 3.05) is 13.6 Å². The summed E-state index contributed by atoms with van der Waals surface area (Å²) in [6.07, 6.45) is 0. The summed E-state index contributed by atoms with van der Waals surface area (Å²) < 4.78 is 13.0. The zero-order valence-corrected chi connectivity index (χ0v) is 9.76. The number of nitrogens with zero attached hydrogens (tertiary/aromatic N) is 1. The van der Waals surface area contributed by atoms with E-state index in [1.54, 1.807) is 6.07 Å². The molecule has 0 saturated heterocycles. The molecule has 0 saturated carbocycles. The summed E-state index contributed by atoms with van der Waals surface area (Å²) in [5, 5.41) is 0.429. The summed E-state index contributed by atoms with van der Waals surface area (Å²) in [6, 6.07) is 4.83. The van der Waals surface area contributed by atoms with Crippen molar-refractivity contribution in [1.82, 2.24) is 4.90 Å². The van der Waals surface area contributed by atoms with Crippen LogP contribution in [0.4, 0.5) is 4.39 Å². The molecule has 1 atom stereocenters. The fraction of sp³-hybridized carbons (Fsp3) is 0.455. The number of likely N-dealkylation sites (N-methyl/N-ethyl adjacent to an activating group) is 1. The molecule has 0 amide bonds. The summed E-state index contributed by atoms with van der Waals surface area (Å²) in [5.41, 5.74) is 6.41. The van der Waals surface area contributed by atoms with Crippen molar-refractivity contribution < 1.29 is 4.39 Å². The molecule has 0 aromatic heterocycles. The second kappa shape index (κ2) is 5.45. The van der Waals surface area contributed by atoms with Crippen molar-refractivity contribution in [3.63, 3.8) is 0 Å². The number of benzene rings is 1. The van der Waals surface area contributed by atoms with E-state index in [1.807, 2.05) is 14.0 Å². The Morgan fingerprint density at radius 3 is 2.67 bits per heavy atom. The monoisotopic (exact) mass is 230 g/mol. The minimum atomic E-state index is -0.300. The van der Waals surface area contributed by atoms with Gasteiger partial charge in [0.15, 0.2) is 0 Å². The third-order valence-corrected chi connectivity index (χ3v) is 2.67. The minimum Gasteiger partial charge on any atom is -0.329 e. The largest absolute Gasteiger partial charge is 0.329 e. The smallest absolute Gasteiger partial charge is 0.125 e. The van der Waals surface area contributed by atoms with E-state index in [9.17, 15) is 4.39 Å². The minimum absolute atomic E-state index is 0.270. The number of hydrogen-bond donors (Lipinski definition) is 1. The van der Waals surface area contributed by atoms with Crippen LogP contribution in [-0.2, 0) is 6.54 Å². The number of hydrogen-bond acceptors (Lipinski definition) is 2. The highest BCUT2D eigenvalue weighted by Gasteiger charge is 2.08. The highest BCUT2D eigenvalue weighted by molar-refractivity contribution is 6.30. The number of nitrogens with two attached hydrogens (primary N) is 1. The van der Waals surface area contributed by atoms with Crippen molar-refractivity contribution in [3.05, 3.63) is 34.6 Å². The molecule has 0 aliphatic carbocycles. The summed E-state index contributed by atoms with van der Waals surface area (Å²) in [7, 11) is 1.95. The van der Waals surface area contributed by atoms with Gasteiger partial charge in [0.25, 0.3) is 0 Å². The Labute approximate surface area is 94.8 Å². The lowest BCUT2D eigenvalue weighted by Gasteiger charge is -2.23. The highest BCUT2D eigenvalue weighted by Crippen LogP contribution is 2.15. The fourth-order valence-electron chi connectivity index (χ4n) is 1.33. The molecule has 15 heavy (non-hydrogen) atoms. The molecule has 2 nitrogen and oxygen atoms in total. The Balaban J connectivity index is 2.72. The average Bonchev–Trinajstić information content (AvgIpc) is 2.14. The summed E-state index contributed by atoms with van der Waals surface area (Å²) in [5.74, 6) is -0.300. The normalized spacial score (nSPS) is 13.2.